The molecule has 2 rings (SSSR count). The summed E-state index contributed by atoms with van der Waals surface area (Å²) in [7, 11) is 4.34. The number of anilines is 1. The minimum Gasteiger partial charge on any atom is -0.389 e. The van der Waals surface area contributed by atoms with E-state index in [1.165, 1.54) is 25.7 Å². The van der Waals surface area contributed by atoms with E-state index in [-0.39, 0.29) is 5.54 Å². The molecule has 1 aromatic rings. The zero-order valence-corrected chi connectivity index (χ0v) is 14.5. The Hall–Kier alpha value is -0.650. The van der Waals surface area contributed by atoms with Gasteiger partial charge in [-0.15, -0.1) is 0 Å². The molecule has 1 aliphatic rings. The number of thiocarbonyl (C=S) groups is 1. The van der Waals surface area contributed by atoms with Gasteiger partial charge in [0.15, 0.2) is 0 Å². The van der Waals surface area contributed by atoms with Crippen LogP contribution in [0, 0.1) is 0 Å². The molecular formula is C15H22BrN3S. The van der Waals surface area contributed by atoms with Crippen molar-refractivity contribution >= 4 is 38.8 Å². The van der Waals surface area contributed by atoms with Crippen molar-refractivity contribution in [2.24, 2.45) is 5.73 Å². The van der Waals surface area contributed by atoms with Gasteiger partial charge < -0.3 is 16.0 Å². The minimum absolute atomic E-state index is 0.246. The first kappa shape index (κ1) is 15.7. The highest BCUT2D eigenvalue weighted by Crippen LogP contribution is 2.34. The average Bonchev–Trinajstić information content (AvgIpc) is 2.86. The summed E-state index contributed by atoms with van der Waals surface area (Å²) in [5.74, 6) is 0. The van der Waals surface area contributed by atoms with Crippen LogP contribution in [0.15, 0.2) is 22.7 Å². The molecule has 1 saturated carbocycles. The summed E-state index contributed by atoms with van der Waals surface area (Å²) in [4.78, 5) is 2.79. The van der Waals surface area contributed by atoms with Crippen LogP contribution in [-0.2, 0) is 0 Å². The fourth-order valence-corrected chi connectivity index (χ4v) is 3.49. The van der Waals surface area contributed by atoms with Gasteiger partial charge in [0.1, 0.15) is 4.99 Å². The topological polar surface area (TPSA) is 41.3 Å². The Kier molecular flexibility index (Phi) is 5.04. The molecule has 0 saturated heterocycles. The molecule has 3 nitrogen and oxygen atoms in total. The summed E-state index contributed by atoms with van der Waals surface area (Å²) < 4.78 is 1.03. The number of hydrogen-bond donors (Lipinski definition) is 2. The number of likely N-dealkylation sites (N-methyl/N-ethyl adjacent to an activating group) is 1. The molecule has 1 aromatic carbocycles. The van der Waals surface area contributed by atoms with Gasteiger partial charge in [-0.1, -0.05) is 41.0 Å². The maximum atomic E-state index is 5.81. The lowest BCUT2D eigenvalue weighted by Crippen LogP contribution is -2.47. The maximum absolute atomic E-state index is 5.81. The molecule has 0 bridgehead atoms. The van der Waals surface area contributed by atoms with E-state index in [2.05, 4.69) is 40.2 Å². The van der Waals surface area contributed by atoms with E-state index >= 15 is 0 Å². The van der Waals surface area contributed by atoms with E-state index in [0.717, 1.165) is 22.3 Å². The maximum Gasteiger partial charge on any atom is 0.106 e. The highest BCUT2D eigenvalue weighted by atomic mass is 79.9. The van der Waals surface area contributed by atoms with Gasteiger partial charge in [-0.05, 0) is 45.1 Å². The number of nitrogens with one attached hydrogen (secondary N) is 1. The SMILES string of the molecule is CN(C)C1(CNc2cc(Br)ccc2C(N)=S)CCCC1. The number of nitrogens with two attached hydrogens (primary N) is 1. The van der Waals surface area contributed by atoms with Crippen LogP contribution in [0.5, 0.6) is 0 Å². The lowest BCUT2D eigenvalue weighted by molar-refractivity contribution is 0.172. The molecule has 0 radical (unpaired) electrons. The molecule has 110 valence electrons. The second kappa shape index (κ2) is 6.41. The third kappa shape index (κ3) is 3.32. The Morgan fingerprint density at radius 2 is 2.05 bits per heavy atom. The second-order valence-electron chi connectivity index (χ2n) is 5.73. The van der Waals surface area contributed by atoms with Crippen LogP contribution in [-0.4, -0.2) is 36.1 Å². The number of halogens is 1. The van der Waals surface area contributed by atoms with Crippen LogP contribution in [0.4, 0.5) is 5.69 Å². The highest BCUT2D eigenvalue weighted by Gasteiger charge is 2.35. The number of benzene rings is 1. The molecule has 3 N–H and O–H groups in total. The molecule has 1 aliphatic carbocycles. The molecule has 0 spiro atoms. The third-order valence-corrected chi connectivity index (χ3v) is 5.05. The third-order valence-electron chi connectivity index (χ3n) is 4.34. The largest absolute Gasteiger partial charge is 0.389 e. The quantitative estimate of drug-likeness (QED) is 0.794. The van der Waals surface area contributed by atoms with Crippen LogP contribution in [0.2, 0.25) is 0 Å². The first-order chi connectivity index (χ1) is 9.44. The lowest BCUT2D eigenvalue weighted by Gasteiger charge is -2.37. The van der Waals surface area contributed by atoms with Gasteiger partial charge in [0.2, 0.25) is 0 Å². The molecule has 1 fully saturated rings. The van der Waals surface area contributed by atoms with Gasteiger partial charge in [-0.3, -0.25) is 0 Å². The van der Waals surface area contributed by atoms with Crippen molar-refractivity contribution in [1.82, 2.24) is 4.90 Å². The summed E-state index contributed by atoms with van der Waals surface area (Å²) in [6.07, 6.45) is 5.09. The van der Waals surface area contributed by atoms with Gasteiger partial charge in [-0.2, -0.15) is 0 Å². The number of nitrogens with zero attached hydrogens (tertiary/aromatic N) is 1. The van der Waals surface area contributed by atoms with E-state index in [9.17, 15) is 0 Å². The van der Waals surface area contributed by atoms with Crippen LogP contribution in [0.3, 0.4) is 0 Å². The van der Waals surface area contributed by atoms with E-state index in [1.807, 2.05) is 18.2 Å². The Balaban J connectivity index is 2.17. The standard InChI is InChI=1S/C15H22BrN3S/c1-19(2)15(7-3-4-8-15)10-18-13-9-11(16)5-6-12(13)14(17)20/h5-6,9,18H,3-4,7-8,10H2,1-2H3,(H2,17,20). The molecule has 0 atom stereocenters. The molecule has 20 heavy (non-hydrogen) atoms. The smallest absolute Gasteiger partial charge is 0.106 e. The van der Waals surface area contributed by atoms with Crippen molar-refractivity contribution in [1.29, 1.82) is 0 Å². The molecule has 5 heteroatoms. The van der Waals surface area contributed by atoms with Crippen molar-refractivity contribution in [2.45, 2.75) is 31.2 Å². The Bertz CT molecular complexity index is 496. The fourth-order valence-electron chi connectivity index (χ4n) is 2.95. The first-order valence-electron chi connectivity index (χ1n) is 6.95. The highest BCUT2D eigenvalue weighted by molar-refractivity contribution is 9.10. The molecule has 0 aromatic heterocycles. The molecule has 0 aliphatic heterocycles. The predicted octanol–water partition coefficient (Wildman–Crippen LogP) is 3.37. The van der Waals surface area contributed by atoms with Gasteiger partial charge in [-0.25, -0.2) is 0 Å². The van der Waals surface area contributed by atoms with Crippen LogP contribution >= 0.6 is 28.1 Å². The molecular weight excluding hydrogens is 334 g/mol. The Morgan fingerprint density at radius 1 is 1.40 bits per heavy atom. The fraction of sp³-hybridized carbons (Fsp3) is 0.533. The second-order valence-corrected chi connectivity index (χ2v) is 7.09. The van der Waals surface area contributed by atoms with E-state index in [1.54, 1.807) is 0 Å². The monoisotopic (exact) mass is 355 g/mol. The van der Waals surface area contributed by atoms with E-state index in [0.29, 0.717) is 4.99 Å². The molecule has 0 heterocycles. The summed E-state index contributed by atoms with van der Waals surface area (Å²) in [5.41, 5.74) is 7.98. The van der Waals surface area contributed by atoms with Gasteiger partial charge in [0.25, 0.3) is 0 Å². The summed E-state index contributed by atoms with van der Waals surface area (Å²) in [5, 5.41) is 3.56. The van der Waals surface area contributed by atoms with Crippen LogP contribution in [0.25, 0.3) is 0 Å². The van der Waals surface area contributed by atoms with Crippen molar-refractivity contribution in [3.05, 3.63) is 28.2 Å². The average molecular weight is 356 g/mol. The predicted molar refractivity (Wildman–Crippen MR) is 93.4 cm³/mol. The summed E-state index contributed by atoms with van der Waals surface area (Å²) >= 11 is 8.64. The van der Waals surface area contributed by atoms with Crippen LogP contribution in [0.1, 0.15) is 31.2 Å². The van der Waals surface area contributed by atoms with E-state index < -0.39 is 0 Å². The van der Waals surface area contributed by atoms with Crippen molar-refractivity contribution in [3.63, 3.8) is 0 Å². The van der Waals surface area contributed by atoms with Gasteiger partial charge in [0, 0.05) is 27.8 Å². The number of rotatable bonds is 5. The van der Waals surface area contributed by atoms with Crippen LogP contribution < -0.4 is 11.1 Å². The molecule has 0 unspecified atom stereocenters. The van der Waals surface area contributed by atoms with Crippen molar-refractivity contribution < 1.29 is 0 Å². The molecule has 0 amide bonds. The Morgan fingerprint density at radius 3 is 2.60 bits per heavy atom. The van der Waals surface area contributed by atoms with E-state index in [4.69, 9.17) is 18.0 Å². The Labute approximate surface area is 135 Å². The van der Waals surface area contributed by atoms with Gasteiger partial charge >= 0.3 is 0 Å². The first-order valence-corrected chi connectivity index (χ1v) is 8.15. The minimum atomic E-state index is 0.246. The zero-order valence-electron chi connectivity index (χ0n) is 12.1. The van der Waals surface area contributed by atoms with Crippen molar-refractivity contribution in [2.75, 3.05) is 26.0 Å². The van der Waals surface area contributed by atoms with Crippen molar-refractivity contribution in [3.8, 4) is 0 Å². The lowest BCUT2D eigenvalue weighted by atomic mass is 9.95. The number of hydrogen-bond acceptors (Lipinski definition) is 3. The summed E-state index contributed by atoms with van der Waals surface area (Å²) in [6, 6.07) is 5.98. The normalized spacial score (nSPS) is 17.4. The zero-order chi connectivity index (χ0) is 14.8. The van der Waals surface area contributed by atoms with Gasteiger partial charge in [0.05, 0.1) is 0 Å². The summed E-state index contributed by atoms with van der Waals surface area (Å²) in [6.45, 7) is 0.923.